The molecule has 0 bridgehead atoms. The van der Waals surface area contributed by atoms with E-state index < -0.39 is 10.8 Å². The Kier molecular flexibility index (Phi) is 6.20. The molecule has 1 saturated heterocycles. The molecule has 3 aromatic rings. The van der Waals surface area contributed by atoms with E-state index in [4.69, 9.17) is 0 Å². The zero-order valence-corrected chi connectivity index (χ0v) is 17.1. The molecule has 0 spiro atoms. The molecule has 0 N–H and O–H groups in total. The molecule has 29 heavy (non-hydrogen) atoms. The molecule has 1 aliphatic heterocycles. The van der Waals surface area contributed by atoms with E-state index in [2.05, 4.69) is 24.3 Å². The molecule has 0 aromatic heterocycles. The first-order valence-electron chi connectivity index (χ1n) is 10.0. The minimum absolute atomic E-state index is 0.0763. The third kappa shape index (κ3) is 4.83. The lowest BCUT2D eigenvalue weighted by Gasteiger charge is -2.16. The van der Waals surface area contributed by atoms with Crippen LogP contribution < -0.4 is 0 Å². The second-order valence-electron chi connectivity index (χ2n) is 7.59. The number of hydrogen-bond acceptors (Lipinski definition) is 2. The van der Waals surface area contributed by atoms with Crippen LogP contribution >= 0.6 is 0 Å². The topological polar surface area (TPSA) is 37.4 Å². The van der Waals surface area contributed by atoms with Crippen molar-refractivity contribution in [3.8, 4) is 0 Å². The summed E-state index contributed by atoms with van der Waals surface area (Å²) in [6.07, 6.45) is 0.696. The summed E-state index contributed by atoms with van der Waals surface area (Å²) in [4.78, 5) is 16.0. The third-order valence-electron chi connectivity index (χ3n) is 5.54. The van der Waals surface area contributed by atoms with Crippen LogP contribution in [-0.2, 0) is 28.6 Å². The second kappa shape index (κ2) is 9.19. The third-order valence-corrected chi connectivity index (χ3v) is 7.07. The fourth-order valence-corrected chi connectivity index (χ4v) is 5.42. The zero-order valence-electron chi connectivity index (χ0n) is 16.3. The van der Waals surface area contributed by atoms with Crippen molar-refractivity contribution in [2.75, 3.05) is 12.3 Å². The van der Waals surface area contributed by atoms with Crippen molar-refractivity contribution in [2.24, 2.45) is 11.8 Å². The van der Waals surface area contributed by atoms with Gasteiger partial charge in [-0.05, 0) is 29.7 Å². The van der Waals surface area contributed by atoms with Crippen molar-refractivity contribution in [2.45, 2.75) is 17.9 Å². The first-order chi connectivity index (χ1) is 14.2. The summed E-state index contributed by atoms with van der Waals surface area (Å²) in [6, 6.07) is 29.8. The molecule has 3 nitrogen and oxygen atoms in total. The van der Waals surface area contributed by atoms with E-state index in [9.17, 15) is 9.00 Å². The van der Waals surface area contributed by atoms with E-state index in [-0.39, 0.29) is 17.7 Å². The highest BCUT2D eigenvalue weighted by Gasteiger charge is 2.40. The van der Waals surface area contributed by atoms with Crippen LogP contribution in [0.15, 0.2) is 95.9 Å². The van der Waals surface area contributed by atoms with Gasteiger partial charge in [0.2, 0.25) is 5.91 Å². The molecule has 3 aromatic carbocycles. The SMILES string of the molecule is O=C1[C@@H](Cc2ccccc2)[C@@H](CS(=O)c2ccccc2)CN1Cc1ccccc1. The summed E-state index contributed by atoms with van der Waals surface area (Å²) in [7, 11) is -1.11. The number of carbonyl (C=O) groups is 1. The van der Waals surface area contributed by atoms with Crippen molar-refractivity contribution in [1.82, 2.24) is 4.90 Å². The van der Waals surface area contributed by atoms with E-state index in [1.165, 1.54) is 0 Å². The Balaban J connectivity index is 1.54. The van der Waals surface area contributed by atoms with Gasteiger partial charge >= 0.3 is 0 Å². The largest absolute Gasteiger partial charge is 0.338 e. The number of likely N-dealkylation sites (tertiary alicyclic amines) is 1. The molecule has 1 heterocycles. The van der Waals surface area contributed by atoms with E-state index >= 15 is 0 Å². The van der Waals surface area contributed by atoms with E-state index in [0.29, 0.717) is 25.3 Å². The quantitative estimate of drug-likeness (QED) is 0.589. The molecule has 1 fully saturated rings. The molecule has 4 heteroatoms. The molecular weight excluding hydrogens is 378 g/mol. The molecule has 1 aliphatic rings. The molecule has 0 aliphatic carbocycles. The van der Waals surface area contributed by atoms with Crippen molar-refractivity contribution >= 4 is 16.7 Å². The lowest BCUT2D eigenvalue weighted by Crippen LogP contribution is -2.27. The van der Waals surface area contributed by atoms with Crippen LogP contribution in [0.25, 0.3) is 0 Å². The van der Waals surface area contributed by atoms with Gasteiger partial charge in [0.05, 0.1) is 10.8 Å². The Labute approximate surface area is 174 Å². The van der Waals surface area contributed by atoms with Crippen LogP contribution in [0.2, 0.25) is 0 Å². The molecule has 4 rings (SSSR count). The van der Waals surface area contributed by atoms with Crippen LogP contribution in [0, 0.1) is 11.8 Å². The van der Waals surface area contributed by atoms with Crippen LogP contribution in [0.1, 0.15) is 11.1 Å². The number of nitrogens with zero attached hydrogens (tertiary/aromatic N) is 1. The fourth-order valence-electron chi connectivity index (χ4n) is 4.04. The number of hydrogen-bond donors (Lipinski definition) is 0. The second-order valence-corrected chi connectivity index (χ2v) is 9.08. The van der Waals surface area contributed by atoms with Gasteiger partial charge in [0, 0.05) is 35.6 Å². The van der Waals surface area contributed by atoms with Crippen LogP contribution in [-0.4, -0.2) is 27.3 Å². The molecule has 1 unspecified atom stereocenters. The Bertz CT molecular complexity index is 960. The lowest BCUT2D eigenvalue weighted by atomic mass is 9.90. The molecule has 3 atom stereocenters. The minimum Gasteiger partial charge on any atom is -0.338 e. The average Bonchev–Trinajstić information content (AvgIpc) is 3.04. The summed E-state index contributed by atoms with van der Waals surface area (Å²) < 4.78 is 13.0. The van der Waals surface area contributed by atoms with Crippen LogP contribution in [0.3, 0.4) is 0 Å². The highest BCUT2D eigenvalue weighted by atomic mass is 32.2. The molecule has 0 radical (unpaired) electrons. The highest BCUT2D eigenvalue weighted by molar-refractivity contribution is 7.85. The van der Waals surface area contributed by atoms with Gasteiger partial charge in [-0.25, -0.2) is 0 Å². The predicted octanol–water partition coefficient (Wildman–Crippen LogP) is 4.31. The highest BCUT2D eigenvalue weighted by Crippen LogP contribution is 2.31. The fraction of sp³-hybridized carbons (Fsp3) is 0.240. The van der Waals surface area contributed by atoms with Gasteiger partial charge in [0.15, 0.2) is 0 Å². The van der Waals surface area contributed by atoms with E-state index in [0.717, 1.165) is 16.0 Å². The number of benzene rings is 3. The molecular formula is C25H25NO2S. The van der Waals surface area contributed by atoms with Crippen molar-refractivity contribution in [1.29, 1.82) is 0 Å². The number of carbonyl (C=O) groups excluding carboxylic acids is 1. The van der Waals surface area contributed by atoms with E-state index in [1.807, 2.05) is 71.6 Å². The minimum atomic E-state index is -1.11. The maximum atomic E-state index is 13.3. The number of rotatable bonds is 7. The lowest BCUT2D eigenvalue weighted by molar-refractivity contribution is -0.131. The summed E-state index contributed by atoms with van der Waals surface area (Å²) >= 11 is 0. The van der Waals surface area contributed by atoms with Crippen LogP contribution in [0.5, 0.6) is 0 Å². The van der Waals surface area contributed by atoms with Gasteiger partial charge in [-0.15, -0.1) is 0 Å². The Morgan fingerprint density at radius 2 is 1.34 bits per heavy atom. The average molecular weight is 404 g/mol. The van der Waals surface area contributed by atoms with Gasteiger partial charge < -0.3 is 4.90 Å². The van der Waals surface area contributed by atoms with Crippen LogP contribution in [0.4, 0.5) is 0 Å². The summed E-state index contributed by atoms with van der Waals surface area (Å²) in [6.45, 7) is 1.27. The molecule has 1 amide bonds. The summed E-state index contributed by atoms with van der Waals surface area (Å²) in [5.74, 6) is 0.632. The predicted molar refractivity (Wildman–Crippen MR) is 117 cm³/mol. The maximum Gasteiger partial charge on any atom is 0.226 e. The maximum absolute atomic E-state index is 13.3. The monoisotopic (exact) mass is 403 g/mol. The standard InChI is InChI=1S/C25H25NO2S/c27-25-24(16-20-10-4-1-5-11-20)22(19-29(28)23-14-8-3-9-15-23)18-26(25)17-21-12-6-2-7-13-21/h1-15,22,24H,16-19H2/t22-,24+,29?/m1/s1. The van der Waals surface area contributed by atoms with Crippen molar-refractivity contribution < 1.29 is 9.00 Å². The first kappa shape index (κ1) is 19.6. The van der Waals surface area contributed by atoms with Crippen molar-refractivity contribution in [3.63, 3.8) is 0 Å². The van der Waals surface area contributed by atoms with E-state index in [1.54, 1.807) is 0 Å². The smallest absolute Gasteiger partial charge is 0.226 e. The van der Waals surface area contributed by atoms with Gasteiger partial charge in [0.1, 0.15) is 0 Å². The van der Waals surface area contributed by atoms with Gasteiger partial charge in [-0.2, -0.15) is 0 Å². The Morgan fingerprint density at radius 3 is 1.97 bits per heavy atom. The van der Waals surface area contributed by atoms with Gasteiger partial charge in [-0.3, -0.25) is 9.00 Å². The van der Waals surface area contributed by atoms with Gasteiger partial charge in [-0.1, -0.05) is 78.9 Å². The molecule has 148 valence electrons. The van der Waals surface area contributed by atoms with Gasteiger partial charge in [0.25, 0.3) is 0 Å². The first-order valence-corrected chi connectivity index (χ1v) is 11.3. The summed E-state index contributed by atoms with van der Waals surface area (Å²) in [5, 5.41) is 0. The molecule has 0 saturated carbocycles. The number of amides is 1. The van der Waals surface area contributed by atoms with Crippen molar-refractivity contribution in [3.05, 3.63) is 102 Å². The normalized spacial score (nSPS) is 20.0. The summed E-state index contributed by atoms with van der Waals surface area (Å²) in [5.41, 5.74) is 2.28. The Morgan fingerprint density at radius 1 is 0.793 bits per heavy atom. The zero-order chi connectivity index (χ0) is 20.1. The Hall–Kier alpha value is -2.72.